The minimum Gasteiger partial charge on any atom is -0.444 e. The molecule has 1 saturated carbocycles. The van der Waals surface area contributed by atoms with Crippen molar-refractivity contribution in [2.24, 2.45) is 0 Å². The molecule has 2 fully saturated rings. The molecule has 1 aliphatic heterocycles. The third-order valence-corrected chi connectivity index (χ3v) is 4.03. The molecule has 1 N–H and O–H groups in total. The minimum atomic E-state index is -0.413. The number of likely N-dealkylation sites (N-methyl/N-ethyl adjacent to an activating group) is 1. The molecular weight excluding hydrogens is 266 g/mol. The average Bonchev–Trinajstić information content (AvgIpc) is 3.16. The maximum Gasteiger partial charge on any atom is 0.410 e. The summed E-state index contributed by atoms with van der Waals surface area (Å²) < 4.78 is 5.51. The van der Waals surface area contributed by atoms with Gasteiger partial charge >= 0.3 is 6.09 Å². The zero-order valence-corrected chi connectivity index (χ0v) is 14.0. The van der Waals surface area contributed by atoms with E-state index in [1.165, 1.54) is 19.4 Å². The van der Waals surface area contributed by atoms with E-state index >= 15 is 0 Å². The molecule has 0 aromatic heterocycles. The van der Waals surface area contributed by atoms with Crippen molar-refractivity contribution in [3.8, 4) is 0 Å². The number of hydrogen-bond donors (Lipinski definition) is 1. The fourth-order valence-electron chi connectivity index (χ4n) is 2.85. The summed E-state index contributed by atoms with van der Waals surface area (Å²) in [6.45, 7) is 9.68. The van der Waals surface area contributed by atoms with Crippen LogP contribution in [0, 0.1) is 0 Å². The van der Waals surface area contributed by atoms with Crippen molar-refractivity contribution in [2.75, 3.05) is 33.2 Å². The summed E-state index contributed by atoms with van der Waals surface area (Å²) in [4.78, 5) is 16.5. The number of carbonyl (C=O) groups is 1. The first-order chi connectivity index (χ1) is 9.85. The van der Waals surface area contributed by atoms with Crippen LogP contribution in [0.5, 0.6) is 0 Å². The molecule has 2 rings (SSSR count). The first kappa shape index (κ1) is 16.6. The van der Waals surface area contributed by atoms with E-state index in [9.17, 15) is 4.79 Å². The van der Waals surface area contributed by atoms with E-state index in [0.717, 1.165) is 32.5 Å². The lowest BCUT2D eigenvalue weighted by Crippen LogP contribution is -2.47. The summed E-state index contributed by atoms with van der Waals surface area (Å²) in [6, 6.07) is 0.958. The van der Waals surface area contributed by atoms with Gasteiger partial charge in [-0.05, 0) is 60.0 Å². The van der Waals surface area contributed by atoms with Gasteiger partial charge in [-0.15, -0.1) is 0 Å². The van der Waals surface area contributed by atoms with Gasteiger partial charge in [0, 0.05) is 31.7 Å². The van der Waals surface area contributed by atoms with Crippen LogP contribution in [0.2, 0.25) is 0 Å². The van der Waals surface area contributed by atoms with Crippen LogP contribution in [0.4, 0.5) is 4.79 Å². The van der Waals surface area contributed by atoms with Crippen LogP contribution in [0.3, 0.4) is 0 Å². The maximum atomic E-state index is 12.2. The summed E-state index contributed by atoms with van der Waals surface area (Å²) in [5, 5.41) is 3.59. The third kappa shape index (κ3) is 5.83. The largest absolute Gasteiger partial charge is 0.444 e. The van der Waals surface area contributed by atoms with E-state index in [1.54, 1.807) is 0 Å². The Morgan fingerprint density at radius 1 is 1.33 bits per heavy atom. The van der Waals surface area contributed by atoms with Crippen molar-refractivity contribution in [1.82, 2.24) is 15.1 Å². The van der Waals surface area contributed by atoms with Gasteiger partial charge in [0.05, 0.1) is 0 Å². The first-order valence-electron chi connectivity index (χ1n) is 8.27. The molecule has 1 saturated heterocycles. The van der Waals surface area contributed by atoms with Crippen LogP contribution in [0.25, 0.3) is 0 Å². The summed E-state index contributed by atoms with van der Waals surface area (Å²) in [7, 11) is 2.17. The van der Waals surface area contributed by atoms with Crippen molar-refractivity contribution in [1.29, 1.82) is 0 Å². The highest BCUT2D eigenvalue weighted by molar-refractivity contribution is 5.69. The number of nitrogens with zero attached hydrogens (tertiary/aromatic N) is 2. The summed E-state index contributed by atoms with van der Waals surface area (Å²) in [5.41, 5.74) is -0.413. The molecule has 1 aliphatic carbocycles. The van der Waals surface area contributed by atoms with Crippen LogP contribution in [0.1, 0.15) is 46.5 Å². The number of likely N-dealkylation sites (tertiary alicyclic amines) is 1. The molecule has 0 bridgehead atoms. The zero-order valence-electron chi connectivity index (χ0n) is 14.0. The van der Waals surface area contributed by atoms with E-state index in [-0.39, 0.29) is 6.09 Å². The molecule has 5 heteroatoms. The predicted molar refractivity (Wildman–Crippen MR) is 84.5 cm³/mol. The zero-order chi connectivity index (χ0) is 15.5. The Labute approximate surface area is 129 Å². The van der Waals surface area contributed by atoms with Gasteiger partial charge in [0.2, 0.25) is 0 Å². The molecule has 0 spiro atoms. The molecule has 1 unspecified atom stereocenters. The second kappa shape index (κ2) is 6.97. The number of hydrogen-bond acceptors (Lipinski definition) is 4. The highest BCUT2D eigenvalue weighted by atomic mass is 16.6. The van der Waals surface area contributed by atoms with Gasteiger partial charge in [-0.1, -0.05) is 0 Å². The molecule has 1 heterocycles. The van der Waals surface area contributed by atoms with Gasteiger partial charge in [-0.25, -0.2) is 4.79 Å². The lowest BCUT2D eigenvalue weighted by molar-refractivity contribution is 0.0233. The molecule has 21 heavy (non-hydrogen) atoms. The highest BCUT2D eigenvalue weighted by Crippen LogP contribution is 2.28. The second-order valence-corrected chi connectivity index (χ2v) is 7.46. The van der Waals surface area contributed by atoms with Crippen LogP contribution in [-0.4, -0.2) is 66.8 Å². The molecule has 1 atom stereocenters. The van der Waals surface area contributed by atoms with Crippen molar-refractivity contribution in [2.45, 2.75) is 64.1 Å². The van der Waals surface area contributed by atoms with Gasteiger partial charge in [0.1, 0.15) is 5.60 Å². The third-order valence-electron chi connectivity index (χ3n) is 4.03. The van der Waals surface area contributed by atoms with E-state index in [4.69, 9.17) is 4.74 Å². The quantitative estimate of drug-likeness (QED) is 0.844. The Hall–Kier alpha value is -0.810. The highest BCUT2D eigenvalue weighted by Gasteiger charge is 2.34. The Morgan fingerprint density at radius 2 is 2.05 bits per heavy atom. The average molecular weight is 297 g/mol. The Kier molecular flexibility index (Phi) is 5.49. The lowest BCUT2D eigenvalue weighted by atomic mass is 10.1. The van der Waals surface area contributed by atoms with Crippen LogP contribution < -0.4 is 5.32 Å². The standard InChI is InChI=1S/C16H31N3O2/c1-16(2,3)21-15(20)19(14-7-8-14)11-9-17-13-6-5-10-18(4)12-13/h13-14,17H,5-12H2,1-4H3. The van der Waals surface area contributed by atoms with Crippen molar-refractivity contribution in [3.63, 3.8) is 0 Å². The number of rotatable bonds is 5. The maximum absolute atomic E-state index is 12.2. The smallest absolute Gasteiger partial charge is 0.410 e. The van der Waals surface area contributed by atoms with Crippen molar-refractivity contribution < 1.29 is 9.53 Å². The van der Waals surface area contributed by atoms with Crippen LogP contribution >= 0.6 is 0 Å². The summed E-state index contributed by atoms with van der Waals surface area (Å²) >= 11 is 0. The van der Waals surface area contributed by atoms with E-state index in [2.05, 4.69) is 17.3 Å². The van der Waals surface area contributed by atoms with Gasteiger partial charge in [-0.2, -0.15) is 0 Å². The molecule has 5 nitrogen and oxygen atoms in total. The van der Waals surface area contributed by atoms with E-state index in [1.807, 2.05) is 25.7 Å². The molecule has 1 amide bonds. The molecule has 2 aliphatic rings. The van der Waals surface area contributed by atoms with Gasteiger partial charge < -0.3 is 19.9 Å². The Morgan fingerprint density at radius 3 is 2.62 bits per heavy atom. The second-order valence-electron chi connectivity index (χ2n) is 7.46. The Bertz CT molecular complexity index is 350. The topological polar surface area (TPSA) is 44.8 Å². The van der Waals surface area contributed by atoms with Gasteiger partial charge in [0.15, 0.2) is 0 Å². The fourth-order valence-corrected chi connectivity index (χ4v) is 2.85. The number of amides is 1. The van der Waals surface area contributed by atoms with Gasteiger partial charge in [0.25, 0.3) is 0 Å². The number of piperidine rings is 1. The molecule has 122 valence electrons. The molecule has 0 aromatic carbocycles. The number of carbonyl (C=O) groups excluding carboxylic acids is 1. The SMILES string of the molecule is CN1CCCC(NCCN(C(=O)OC(C)(C)C)C2CC2)C1. The lowest BCUT2D eigenvalue weighted by Gasteiger charge is -2.32. The number of ether oxygens (including phenoxy) is 1. The Balaban J connectivity index is 1.74. The van der Waals surface area contributed by atoms with Gasteiger partial charge in [-0.3, -0.25) is 0 Å². The van der Waals surface area contributed by atoms with Crippen LogP contribution in [0.15, 0.2) is 0 Å². The molecular formula is C16H31N3O2. The predicted octanol–water partition coefficient (Wildman–Crippen LogP) is 2.07. The van der Waals surface area contributed by atoms with E-state index < -0.39 is 5.60 Å². The van der Waals surface area contributed by atoms with E-state index in [0.29, 0.717) is 12.1 Å². The monoisotopic (exact) mass is 297 g/mol. The number of nitrogens with one attached hydrogen (secondary N) is 1. The first-order valence-corrected chi connectivity index (χ1v) is 8.27. The fraction of sp³-hybridized carbons (Fsp3) is 0.938. The molecule has 0 aromatic rings. The normalized spacial score (nSPS) is 23.9. The molecule has 0 radical (unpaired) electrons. The van der Waals surface area contributed by atoms with Crippen LogP contribution in [-0.2, 0) is 4.74 Å². The van der Waals surface area contributed by atoms with Crippen molar-refractivity contribution >= 4 is 6.09 Å². The minimum absolute atomic E-state index is 0.160. The summed E-state index contributed by atoms with van der Waals surface area (Å²) in [5.74, 6) is 0. The summed E-state index contributed by atoms with van der Waals surface area (Å²) in [6.07, 6.45) is 4.57. The van der Waals surface area contributed by atoms with Crippen molar-refractivity contribution in [3.05, 3.63) is 0 Å².